The molecule has 0 aliphatic heterocycles. The molecule has 1 amide bonds. The van der Waals surface area contributed by atoms with Crippen molar-refractivity contribution in [1.29, 1.82) is 0 Å². The number of carbonyl (C=O) groups is 1. The van der Waals surface area contributed by atoms with E-state index >= 15 is 0 Å². The van der Waals surface area contributed by atoms with Crippen LogP contribution in [0.25, 0.3) is 0 Å². The Hall–Kier alpha value is -2.43. The number of ether oxygens (including phenoxy) is 1. The molecule has 19 heavy (non-hydrogen) atoms. The molecular formula is C14H15N3O2. The first-order valence-electron chi connectivity index (χ1n) is 5.92. The minimum Gasteiger partial charge on any atom is -0.497 e. The zero-order valence-corrected chi connectivity index (χ0v) is 10.8. The molecule has 1 atom stereocenters. The fourth-order valence-corrected chi connectivity index (χ4v) is 1.68. The Kier molecular flexibility index (Phi) is 4.07. The van der Waals surface area contributed by atoms with Crippen molar-refractivity contribution in [2.45, 2.75) is 13.0 Å². The van der Waals surface area contributed by atoms with Gasteiger partial charge in [-0.25, -0.2) is 0 Å². The van der Waals surface area contributed by atoms with Crippen molar-refractivity contribution < 1.29 is 9.53 Å². The van der Waals surface area contributed by atoms with Crippen LogP contribution in [0.4, 0.5) is 0 Å². The standard InChI is InChI=1S/C14H15N3O2/c1-10(11-3-5-13(19-2)6-4-11)17-14(18)12-7-8-15-16-9-12/h3-10H,1-2H3,(H,17,18)/t10-/m1/s1. The van der Waals surface area contributed by atoms with E-state index in [0.717, 1.165) is 11.3 Å². The average molecular weight is 257 g/mol. The van der Waals surface area contributed by atoms with E-state index in [9.17, 15) is 4.79 Å². The number of nitrogens with zero attached hydrogens (tertiary/aromatic N) is 2. The van der Waals surface area contributed by atoms with Gasteiger partial charge in [-0.15, -0.1) is 0 Å². The van der Waals surface area contributed by atoms with Crippen LogP contribution in [0.3, 0.4) is 0 Å². The van der Waals surface area contributed by atoms with E-state index in [-0.39, 0.29) is 11.9 Å². The van der Waals surface area contributed by atoms with Crippen molar-refractivity contribution in [1.82, 2.24) is 15.5 Å². The monoisotopic (exact) mass is 257 g/mol. The summed E-state index contributed by atoms with van der Waals surface area (Å²) < 4.78 is 5.10. The van der Waals surface area contributed by atoms with Crippen LogP contribution in [0, 0.1) is 0 Å². The predicted octanol–water partition coefficient (Wildman–Crippen LogP) is 1.98. The lowest BCUT2D eigenvalue weighted by Crippen LogP contribution is -2.26. The first kappa shape index (κ1) is 13.0. The zero-order valence-electron chi connectivity index (χ0n) is 10.8. The summed E-state index contributed by atoms with van der Waals surface area (Å²) in [5.74, 6) is 0.624. The summed E-state index contributed by atoms with van der Waals surface area (Å²) in [6.45, 7) is 1.92. The van der Waals surface area contributed by atoms with Crippen molar-refractivity contribution in [3.05, 3.63) is 53.9 Å². The summed E-state index contributed by atoms with van der Waals surface area (Å²) in [6, 6.07) is 9.12. The average Bonchev–Trinajstić information content (AvgIpc) is 2.48. The van der Waals surface area contributed by atoms with Gasteiger partial charge in [-0.2, -0.15) is 10.2 Å². The van der Waals surface area contributed by atoms with Gasteiger partial charge in [0, 0.05) is 0 Å². The first-order chi connectivity index (χ1) is 9.20. The van der Waals surface area contributed by atoms with Gasteiger partial charge in [-0.05, 0) is 30.7 Å². The molecule has 1 aromatic carbocycles. The highest BCUT2D eigenvalue weighted by Gasteiger charge is 2.11. The van der Waals surface area contributed by atoms with Crippen molar-refractivity contribution >= 4 is 5.91 Å². The summed E-state index contributed by atoms with van der Waals surface area (Å²) in [5, 5.41) is 10.2. The highest BCUT2D eigenvalue weighted by atomic mass is 16.5. The Balaban J connectivity index is 2.04. The molecule has 0 spiro atoms. The molecule has 0 saturated heterocycles. The molecule has 5 heteroatoms. The zero-order chi connectivity index (χ0) is 13.7. The second-order valence-corrected chi connectivity index (χ2v) is 4.10. The molecule has 1 aromatic heterocycles. The lowest BCUT2D eigenvalue weighted by atomic mass is 10.1. The number of hydrogen-bond donors (Lipinski definition) is 1. The number of rotatable bonds is 4. The molecule has 1 heterocycles. The Labute approximate surface area is 111 Å². The summed E-state index contributed by atoms with van der Waals surface area (Å²) >= 11 is 0. The predicted molar refractivity (Wildman–Crippen MR) is 70.9 cm³/mol. The topological polar surface area (TPSA) is 64.1 Å². The quantitative estimate of drug-likeness (QED) is 0.909. The number of hydrogen-bond acceptors (Lipinski definition) is 4. The van der Waals surface area contributed by atoms with E-state index in [1.165, 1.54) is 12.4 Å². The van der Waals surface area contributed by atoms with E-state index in [2.05, 4.69) is 15.5 Å². The third-order valence-electron chi connectivity index (χ3n) is 2.81. The number of amides is 1. The van der Waals surface area contributed by atoms with Crippen LogP contribution in [0.1, 0.15) is 28.9 Å². The molecule has 2 rings (SSSR count). The number of aromatic nitrogens is 2. The van der Waals surface area contributed by atoms with Gasteiger partial charge in [0.15, 0.2) is 0 Å². The molecular weight excluding hydrogens is 242 g/mol. The molecule has 2 aromatic rings. The van der Waals surface area contributed by atoms with Gasteiger partial charge in [0.05, 0.1) is 31.1 Å². The van der Waals surface area contributed by atoms with Crippen molar-refractivity contribution in [3.63, 3.8) is 0 Å². The van der Waals surface area contributed by atoms with Gasteiger partial charge in [0.2, 0.25) is 0 Å². The fraction of sp³-hybridized carbons (Fsp3) is 0.214. The Bertz CT molecular complexity index is 540. The van der Waals surface area contributed by atoms with Crippen LogP contribution >= 0.6 is 0 Å². The first-order valence-corrected chi connectivity index (χ1v) is 5.92. The second-order valence-electron chi connectivity index (χ2n) is 4.10. The smallest absolute Gasteiger partial charge is 0.253 e. The van der Waals surface area contributed by atoms with E-state index in [1.54, 1.807) is 13.2 Å². The lowest BCUT2D eigenvalue weighted by Gasteiger charge is -2.14. The van der Waals surface area contributed by atoms with E-state index in [0.29, 0.717) is 5.56 Å². The number of nitrogens with one attached hydrogen (secondary N) is 1. The van der Waals surface area contributed by atoms with Crippen LogP contribution in [-0.4, -0.2) is 23.2 Å². The van der Waals surface area contributed by atoms with Gasteiger partial charge in [-0.3, -0.25) is 4.79 Å². The Morgan fingerprint density at radius 2 is 1.95 bits per heavy atom. The van der Waals surface area contributed by atoms with Gasteiger partial charge in [0.1, 0.15) is 5.75 Å². The van der Waals surface area contributed by atoms with Gasteiger partial charge in [-0.1, -0.05) is 12.1 Å². The third-order valence-corrected chi connectivity index (χ3v) is 2.81. The molecule has 0 aliphatic carbocycles. The molecule has 0 fully saturated rings. The number of methoxy groups -OCH3 is 1. The van der Waals surface area contributed by atoms with E-state index in [4.69, 9.17) is 4.74 Å². The lowest BCUT2D eigenvalue weighted by molar-refractivity contribution is 0.0939. The van der Waals surface area contributed by atoms with Gasteiger partial charge in [0.25, 0.3) is 5.91 Å². The normalized spacial score (nSPS) is 11.7. The molecule has 0 radical (unpaired) electrons. The van der Waals surface area contributed by atoms with E-state index < -0.39 is 0 Å². The molecule has 5 nitrogen and oxygen atoms in total. The maximum Gasteiger partial charge on any atom is 0.253 e. The summed E-state index contributed by atoms with van der Waals surface area (Å²) in [5.41, 5.74) is 1.51. The van der Waals surface area contributed by atoms with Crippen LogP contribution < -0.4 is 10.1 Å². The van der Waals surface area contributed by atoms with Crippen LogP contribution in [0.5, 0.6) is 5.75 Å². The fourth-order valence-electron chi connectivity index (χ4n) is 1.68. The van der Waals surface area contributed by atoms with Crippen molar-refractivity contribution in [2.24, 2.45) is 0 Å². The van der Waals surface area contributed by atoms with Crippen LogP contribution in [0.15, 0.2) is 42.7 Å². The molecule has 0 saturated carbocycles. The molecule has 0 aliphatic rings. The Morgan fingerprint density at radius 3 is 2.53 bits per heavy atom. The Morgan fingerprint density at radius 1 is 1.21 bits per heavy atom. The summed E-state index contributed by atoms with van der Waals surface area (Å²) in [6.07, 6.45) is 2.93. The highest BCUT2D eigenvalue weighted by Crippen LogP contribution is 2.17. The summed E-state index contributed by atoms with van der Waals surface area (Å²) in [4.78, 5) is 11.9. The minimum atomic E-state index is -0.168. The number of benzene rings is 1. The third kappa shape index (κ3) is 3.28. The second kappa shape index (κ2) is 5.95. The largest absolute Gasteiger partial charge is 0.497 e. The minimum absolute atomic E-state index is 0.0911. The van der Waals surface area contributed by atoms with Gasteiger partial charge >= 0.3 is 0 Å². The van der Waals surface area contributed by atoms with Crippen LogP contribution in [-0.2, 0) is 0 Å². The van der Waals surface area contributed by atoms with E-state index in [1.807, 2.05) is 31.2 Å². The van der Waals surface area contributed by atoms with Crippen LogP contribution in [0.2, 0.25) is 0 Å². The number of carbonyl (C=O) groups excluding carboxylic acids is 1. The molecule has 98 valence electrons. The maximum atomic E-state index is 11.9. The van der Waals surface area contributed by atoms with Gasteiger partial charge < -0.3 is 10.1 Å². The highest BCUT2D eigenvalue weighted by molar-refractivity contribution is 5.93. The molecule has 1 N–H and O–H groups in total. The molecule has 0 bridgehead atoms. The van der Waals surface area contributed by atoms with Crippen molar-refractivity contribution in [3.8, 4) is 5.75 Å². The maximum absolute atomic E-state index is 11.9. The van der Waals surface area contributed by atoms with Crippen molar-refractivity contribution in [2.75, 3.05) is 7.11 Å². The summed E-state index contributed by atoms with van der Waals surface area (Å²) in [7, 11) is 1.62. The SMILES string of the molecule is COc1ccc([C@@H](C)NC(=O)c2ccnnc2)cc1. The molecule has 0 unspecified atom stereocenters.